The van der Waals surface area contributed by atoms with E-state index in [2.05, 4.69) is 13.8 Å². The number of carbonyl (C=O) groups excluding carboxylic acids is 1. The molecular formula is C13H22O3. The first-order chi connectivity index (χ1) is 7.44. The van der Waals surface area contributed by atoms with Crippen molar-refractivity contribution in [3.63, 3.8) is 0 Å². The predicted molar refractivity (Wildman–Crippen MR) is 63.1 cm³/mol. The van der Waals surface area contributed by atoms with Crippen molar-refractivity contribution in [3.8, 4) is 0 Å². The predicted octanol–water partition coefficient (Wildman–Crippen LogP) is 2.70. The molecule has 1 heterocycles. The second kappa shape index (κ2) is 5.00. The van der Waals surface area contributed by atoms with Crippen molar-refractivity contribution in [1.82, 2.24) is 0 Å². The van der Waals surface area contributed by atoms with Crippen molar-refractivity contribution in [3.05, 3.63) is 11.6 Å². The fraction of sp³-hybridized carbons (Fsp3) is 0.769. The summed E-state index contributed by atoms with van der Waals surface area (Å²) in [4.78, 5) is 11.4. The maximum absolute atomic E-state index is 11.4. The van der Waals surface area contributed by atoms with Gasteiger partial charge in [-0.1, -0.05) is 20.3 Å². The van der Waals surface area contributed by atoms with Gasteiger partial charge in [0.05, 0.1) is 12.7 Å². The van der Waals surface area contributed by atoms with E-state index in [1.54, 1.807) is 6.92 Å². The molecule has 16 heavy (non-hydrogen) atoms. The zero-order valence-corrected chi connectivity index (χ0v) is 10.9. The second-order valence-corrected chi connectivity index (χ2v) is 4.66. The number of hydrogen-bond donors (Lipinski definition) is 0. The highest BCUT2D eigenvalue weighted by atomic mass is 16.6. The number of carbonyl (C=O) groups is 1. The zero-order chi connectivity index (χ0) is 12.3. The van der Waals surface area contributed by atoms with Crippen molar-refractivity contribution >= 4 is 5.97 Å². The summed E-state index contributed by atoms with van der Waals surface area (Å²) in [6.07, 6.45) is 3.22. The van der Waals surface area contributed by atoms with Crippen LogP contribution in [0.15, 0.2) is 11.6 Å². The van der Waals surface area contributed by atoms with E-state index in [9.17, 15) is 4.79 Å². The topological polar surface area (TPSA) is 38.8 Å². The normalized spacial score (nSPS) is 31.1. The van der Waals surface area contributed by atoms with Gasteiger partial charge in [0.25, 0.3) is 0 Å². The summed E-state index contributed by atoms with van der Waals surface area (Å²) in [6, 6.07) is 0. The smallest absolute Gasteiger partial charge is 0.333 e. The lowest BCUT2D eigenvalue weighted by atomic mass is 9.94. The Kier molecular flexibility index (Phi) is 4.14. The lowest BCUT2D eigenvalue weighted by Crippen LogP contribution is -2.15. The van der Waals surface area contributed by atoms with Gasteiger partial charge in [-0.3, -0.25) is 0 Å². The molecular weight excluding hydrogens is 204 g/mol. The minimum absolute atomic E-state index is 0.238. The number of epoxide rings is 1. The van der Waals surface area contributed by atoms with Crippen molar-refractivity contribution in [2.75, 3.05) is 6.61 Å². The van der Waals surface area contributed by atoms with Gasteiger partial charge in [-0.15, -0.1) is 0 Å². The Balaban J connectivity index is 2.61. The first-order valence-corrected chi connectivity index (χ1v) is 5.99. The summed E-state index contributed by atoms with van der Waals surface area (Å²) in [5, 5.41) is 0. The van der Waals surface area contributed by atoms with Crippen LogP contribution in [0.5, 0.6) is 0 Å². The lowest BCUT2D eigenvalue weighted by Gasteiger charge is -2.07. The van der Waals surface area contributed by atoms with Crippen molar-refractivity contribution in [2.24, 2.45) is 5.92 Å². The van der Waals surface area contributed by atoms with E-state index >= 15 is 0 Å². The first kappa shape index (κ1) is 13.2. The number of ether oxygens (including phenoxy) is 2. The SMILES string of the molecule is CCOC(=O)/C(C)=C/[C@@]1(C)O[C@@H]1[C@@H](C)CC. The van der Waals surface area contributed by atoms with Crippen LogP contribution in [0.3, 0.4) is 0 Å². The monoisotopic (exact) mass is 226 g/mol. The Hall–Kier alpha value is -0.830. The Morgan fingerprint density at radius 1 is 1.56 bits per heavy atom. The fourth-order valence-electron chi connectivity index (χ4n) is 1.98. The van der Waals surface area contributed by atoms with E-state index in [1.807, 2.05) is 19.9 Å². The third-order valence-corrected chi connectivity index (χ3v) is 3.15. The summed E-state index contributed by atoms with van der Waals surface area (Å²) in [5.41, 5.74) is 0.363. The average Bonchev–Trinajstić information content (AvgIpc) is 2.89. The van der Waals surface area contributed by atoms with Gasteiger partial charge in [0, 0.05) is 5.57 Å². The van der Waals surface area contributed by atoms with Crippen LogP contribution < -0.4 is 0 Å². The van der Waals surface area contributed by atoms with Crippen molar-refractivity contribution in [1.29, 1.82) is 0 Å². The number of rotatable bonds is 5. The molecule has 0 spiro atoms. The minimum Gasteiger partial charge on any atom is -0.463 e. The van der Waals surface area contributed by atoms with Gasteiger partial charge in [0.15, 0.2) is 0 Å². The van der Waals surface area contributed by atoms with Gasteiger partial charge in [-0.05, 0) is 32.8 Å². The van der Waals surface area contributed by atoms with Gasteiger partial charge < -0.3 is 9.47 Å². The molecule has 3 nitrogen and oxygen atoms in total. The number of esters is 1. The molecule has 0 aromatic carbocycles. The molecule has 3 atom stereocenters. The molecule has 0 aromatic heterocycles. The summed E-state index contributed by atoms with van der Waals surface area (Å²) >= 11 is 0. The molecule has 1 rings (SSSR count). The van der Waals surface area contributed by atoms with Crippen LogP contribution in [-0.4, -0.2) is 24.3 Å². The Morgan fingerprint density at radius 2 is 2.19 bits per heavy atom. The molecule has 0 unspecified atom stereocenters. The van der Waals surface area contributed by atoms with E-state index in [-0.39, 0.29) is 17.7 Å². The van der Waals surface area contributed by atoms with Crippen molar-refractivity contribution < 1.29 is 14.3 Å². The summed E-state index contributed by atoms with van der Waals surface area (Å²) in [5.74, 6) is 0.276. The van der Waals surface area contributed by atoms with E-state index in [0.29, 0.717) is 18.1 Å². The van der Waals surface area contributed by atoms with Crippen LogP contribution in [0.1, 0.15) is 41.0 Å². The van der Waals surface area contributed by atoms with Gasteiger partial charge >= 0.3 is 5.97 Å². The van der Waals surface area contributed by atoms with Gasteiger partial charge in [-0.25, -0.2) is 4.79 Å². The van der Waals surface area contributed by atoms with Crippen LogP contribution in [0.4, 0.5) is 0 Å². The molecule has 0 N–H and O–H groups in total. The molecule has 1 aliphatic rings. The van der Waals surface area contributed by atoms with Crippen LogP contribution in [-0.2, 0) is 14.3 Å². The van der Waals surface area contributed by atoms with Crippen molar-refractivity contribution in [2.45, 2.75) is 52.7 Å². The third kappa shape index (κ3) is 2.85. The van der Waals surface area contributed by atoms with E-state index in [4.69, 9.17) is 9.47 Å². The van der Waals surface area contributed by atoms with Gasteiger partial charge in [0.1, 0.15) is 5.60 Å². The Labute approximate surface area is 97.8 Å². The summed E-state index contributed by atoms with van der Waals surface area (Å²) in [6.45, 7) is 10.3. The second-order valence-electron chi connectivity index (χ2n) is 4.66. The van der Waals surface area contributed by atoms with Crippen LogP contribution in [0, 0.1) is 5.92 Å². The highest BCUT2D eigenvalue weighted by Gasteiger charge is 2.52. The quantitative estimate of drug-likeness (QED) is 0.411. The molecule has 3 heteroatoms. The Morgan fingerprint density at radius 3 is 2.69 bits per heavy atom. The van der Waals surface area contributed by atoms with Crippen LogP contribution >= 0.6 is 0 Å². The van der Waals surface area contributed by atoms with Gasteiger partial charge in [0.2, 0.25) is 0 Å². The Bertz CT molecular complexity index is 296. The molecule has 92 valence electrons. The minimum atomic E-state index is -0.272. The molecule has 1 aliphatic heterocycles. The molecule has 0 bridgehead atoms. The van der Waals surface area contributed by atoms with E-state index in [1.165, 1.54) is 0 Å². The molecule has 0 radical (unpaired) electrons. The molecule has 0 aromatic rings. The van der Waals surface area contributed by atoms with E-state index in [0.717, 1.165) is 6.42 Å². The van der Waals surface area contributed by atoms with E-state index < -0.39 is 0 Å². The number of hydrogen-bond acceptors (Lipinski definition) is 3. The first-order valence-electron chi connectivity index (χ1n) is 5.99. The molecule has 0 amide bonds. The maximum Gasteiger partial charge on any atom is 0.333 e. The van der Waals surface area contributed by atoms with Crippen LogP contribution in [0.25, 0.3) is 0 Å². The molecule has 1 fully saturated rings. The average molecular weight is 226 g/mol. The molecule has 0 saturated carbocycles. The molecule has 0 aliphatic carbocycles. The highest BCUT2D eigenvalue weighted by Crippen LogP contribution is 2.43. The lowest BCUT2D eigenvalue weighted by molar-refractivity contribution is -0.138. The standard InChI is InChI=1S/C13H22O3/c1-6-9(3)11-13(5,16-11)8-10(4)12(14)15-7-2/h8-9,11H,6-7H2,1-5H3/b10-8+/t9-,11+,13+/m0/s1. The summed E-state index contributed by atoms with van der Waals surface area (Å²) in [7, 11) is 0. The largest absolute Gasteiger partial charge is 0.463 e. The summed E-state index contributed by atoms with van der Waals surface area (Å²) < 4.78 is 10.6. The maximum atomic E-state index is 11.4. The molecule has 1 saturated heterocycles. The fourth-order valence-corrected chi connectivity index (χ4v) is 1.98. The van der Waals surface area contributed by atoms with Crippen LogP contribution in [0.2, 0.25) is 0 Å². The zero-order valence-electron chi connectivity index (χ0n) is 10.9. The van der Waals surface area contributed by atoms with Gasteiger partial charge in [-0.2, -0.15) is 0 Å². The highest BCUT2D eigenvalue weighted by molar-refractivity contribution is 5.88. The third-order valence-electron chi connectivity index (χ3n) is 3.15.